The third kappa shape index (κ3) is 35.5. The Morgan fingerprint density at radius 2 is 0.958 bits per heavy atom. The van der Waals surface area contributed by atoms with Crippen molar-refractivity contribution < 1.29 is 81.0 Å². The van der Waals surface area contributed by atoms with Crippen LogP contribution in [-0.2, 0) is 72.5 Å². The van der Waals surface area contributed by atoms with Crippen LogP contribution in [0, 0.1) is 29.7 Å². The average Bonchev–Trinajstić information content (AvgIpc) is 1.60. The monoisotopic (exact) mass is 2480 g/mol. The predicted octanol–water partition coefficient (Wildman–Crippen LogP) is 16.8. The molecule has 5 aromatic heterocycles. The molecule has 0 bridgehead atoms. The van der Waals surface area contributed by atoms with E-state index in [4.69, 9.17) is 43.5 Å². The van der Waals surface area contributed by atoms with Gasteiger partial charge in [0.15, 0.2) is 6.10 Å². The van der Waals surface area contributed by atoms with Crippen molar-refractivity contribution in [3.8, 4) is 11.3 Å². The average molecular weight is 2490 g/mol. The molecule has 3 unspecified atom stereocenters. The summed E-state index contributed by atoms with van der Waals surface area (Å²) in [6, 6.07) is 49.2. The number of nitrogens with one attached hydrogen (secondary N) is 7. The molecule has 14 rings (SSSR count). The number of imidazole rings is 3. The van der Waals surface area contributed by atoms with Gasteiger partial charge in [0.2, 0.25) is 17.5 Å². The number of alkyl halides is 1. The summed E-state index contributed by atoms with van der Waals surface area (Å²) in [4.78, 5) is 136. The Kier molecular flexibility index (Phi) is 49.1. The number of hydrogen-bond donors (Lipinski definition) is 13. The van der Waals surface area contributed by atoms with E-state index in [9.17, 15) is 68.1 Å². The van der Waals surface area contributed by atoms with Gasteiger partial charge in [0, 0.05) is 108 Å². The smallest absolute Gasteiger partial charge is 0.481 e. The van der Waals surface area contributed by atoms with Crippen molar-refractivity contribution in [2.24, 2.45) is 31.3 Å². The van der Waals surface area contributed by atoms with Crippen molar-refractivity contribution in [3.63, 3.8) is 0 Å². The molecule has 4 amide bonds. The molecule has 1 aliphatic heterocycles. The Morgan fingerprint density at radius 3 is 1.40 bits per heavy atom. The number of nitrogens with zero attached hydrogens (tertiary/aromatic N) is 9. The minimum absolute atomic E-state index is 0. The number of rotatable bonds is 23. The van der Waals surface area contributed by atoms with Crippen LogP contribution in [0.4, 0.5) is 32.8 Å². The summed E-state index contributed by atoms with van der Waals surface area (Å²) in [5.74, 6) is -5.57. The Balaban J connectivity index is 0.000000353. The van der Waals surface area contributed by atoms with Crippen LogP contribution in [0.1, 0.15) is 169 Å². The first-order chi connectivity index (χ1) is 66.4. The largest absolute Gasteiger partial charge is 0.497 e. The molecule has 17 N–H and O–H groups in total. The SMILES string of the molecule is CC(=O)O.CC(C)N.CC(C)Nc1cccc(Br)c1N.CC(C)Nc1cccc(Br)c1[N+](=O)[O-].CC(C)n1c(=O)[nH]c2c(-c3nn(C)cc3C(=O)NC(Cc3ccccc3)C(=O)C(N)=O)cccc21.CC(C)n1c(=O)[nH]c2c(B3OC(C)(C)C(C)(C)O3)cccc21.CC(C)n1c(=O)[nH]c2c(Br)cccc21.Cn1cc(C(=O)NC(Cc2ccccc2)C(O)C(N)=O)c(I)n1.O=[N+]([O-])c1c(F)cccc1Br.[2H]CI.[Fe]. The number of ketones is 1. The number of anilines is 3. The van der Waals surface area contributed by atoms with Crippen LogP contribution < -0.4 is 66.7 Å². The van der Waals surface area contributed by atoms with Gasteiger partial charge in [-0.05, 0) is 272 Å². The number of aliphatic hydroxyl groups is 1. The zero-order valence-electron chi connectivity index (χ0n) is 82.6. The molecule has 0 radical (unpaired) electrons. The number of aromatic nitrogens is 10. The van der Waals surface area contributed by atoms with Gasteiger partial charge in [-0.25, -0.2) is 14.4 Å². The molecular formula is C96H120BBr4FFeI2N20O17. The summed E-state index contributed by atoms with van der Waals surface area (Å²) in [7, 11) is 2.89. The van der Waals surface area contributed by atoms with Crippen molar-refractivity contribution in [1.29, 1.82) is 0 Å². The van der Waals surface area contributed by atoms with Crippen LogP contribution in [0.25, 0.3) is 44.4 Å². The van der Waals surface area contributed by atoms with Crippen molar-refractivity contribution in [1.82, 2.24) is 58.8 Å². The zero-order chi connectivity index (χ0) is 107. The number of primary amides is 2. The topological polar surface area (TPSA) is 549 Å². The standard InChI is InChI=1S/C25H26N6O4.C16H23BN2O3.C15H17IN4O3.C10H11BrN2O.C9H11BrN2O2.C9H13BrN2.C6H3BrFNO2.C3H9N.C2H4O2.CH3I.Fe/c1-14(2)31-19-11-7-10-16(21(19)28-25(31)35)20-17(13-30(3)29-20)24(34)27-18(22(32)23(26)33)12-15-8-5-4-6-9-15;1-10(2)19-12-9-7-8-11(13(12)18-14(19)20)17-21-15(3,4)16(5,6)22-17;1-20-8-10(13(16)19-20)15(23)18-11(12(21)14(17)22)7-9-5-3-2-4-6-9;1-6(2)13-8-5-3-4-7(11)9(8)12-10(13)14;1-6(2)11-8-5-3-4-7(10)9(8)12(13)14;1-6(2)12-8-5-3-4-7(10)9(8)11;7-4-2-1-3-5(8)6(4)9(10)11;1-3(2)4;1-2(3)4;1-2;/h4-11,13-14,18H,12H2,1-3H3,(H2,26,33)(H,27,34)(H,28,35);7-10H,1-6H3,(H,18,20);2-6,8,11-12,21H,7H2,1H3,(H2,17,22)(H,18,23);3-6H,1-2H3,(H,12,14);3-6,11H,1-2H3;3-6,12H,11H2,1-2H3;1-3H;3H,4H2,1-2H3;1H3,(H,3,4);1H3;/i;;;;;;;;;1D;. The zero-order valence-corrected chi connectivity index (χ0v) is 93.3. The fourth-order valence-electron chi connectivity index (χ4n) is 13.6. The fourth-order valence-corrected chi connectivity index (χ4v) is 16.1. The van der Waals surface area contributed by atoms with Crippen LogP contribution in [0.3, 0.4) is 0 Å². The molecule has 6 heterocycles. The van der Waals surface area contributed by atoms with Crippen molar-refractivity contribution in [2.45, 2.75) is 196 Å². The summed E-state index contributed by atoms with van der Waals surface area (Å²) in [5, 5.41) is 58.5. The number of carbonyl (C=O) groups is 6. The summed E-state index contributed by atoms with van der Waals surface area (Å²) in [5.41, 5.74) is 30.7. The maximum Gasteiger partial charge on any atom is 0.497 e. The number of carboxylic acids is 1. The molecular weight excluding hydrogens is 2360 g/mol. The van der Waals surface area contributed by atoms with E-state index >= 15 is 0 Å². The van der Waals surface area contributed by atoms with E-state index in [1.165, 1.54) is 27.7 Å². The van der Waals surface area contributed by atoms with Gasteiger partial charge in [-0.15, -0.1) is 0 Å². The van der Waals surface area contributed by atoms with Gasteiger partial charge in [0.1, 0.15) is 21.1 Å². The molecule has 3 atom stereocenters. The van der Waals surface area contributed by atoms with Gasteiger partial charge in [0.05, 0.1) is 91.6 Å². The number of nitrogen functional groups attached to an aromatic ring is 1. The number of aliphatic hydroxyl groups excluding tert-OH is 1. The van der Waals surface area contributed by atoms with Gasteiger partial charge < -0.3 is 78.7 Å². The number of aliphatic carboxylic acids is 1. The molecule has 1 fully saturated rings. The van der Waals surface area contributed by atoms with Crippen molar-refractivity contribution in [2.75, 3.05) is 21.3 Å². The molecule has 0 spiro atoms. The number of nitrogens with two attached hydrogens (primary N) is 4. The van der Waals surface area contributed by atoms with Gasteiger partial charge in [-0.1, -0.05) is 146 Å². The third-order valence-corrected chi connectivity index (χ3v) is 23.7. The molecule has 0 saturated carbocycles. The summed E-state index contributed by atoms with van der Waals surface area (Å²) < 4.78 is 42.2. The minimum Gasteiger partial charge on any atom is -0.481 e. The first kappa shape index (κ1) is 121. The molecule has 1 aliphatic rings. The van der Waals surface area contributed by atoms with E-state index in [0.29, 0.717) is 58.7 Å². The predicted molar refractivity (Wildman–Crippen MR) is 583 cm³/mol. The Morgan fingerprint density at radius 1 is 0.570 bits per heavy atom. The molecule has 13 aromatic rings. The van der Waals surface area contributed by atoms with Gasteiger partial charge in [0.25, 0.3) is 23.7 Å². The minimum atomic E-state index is -1.48. The Bertz CT molecular complexity index is 6640. The maximum absolute atomic E-state index is 13.4. The van der Waals surface area contributed by atoms with E-state index in [-0.39, 0.29) is 86.9 Å². The van der Waals surface area contributed by atoms with Crippen molar-refractivity contribution in [3.05, 3.63) is 284 Å². The third-order valence-electron chi connectivity index (χ3n) is 20.3. The van der Waals surface area contributed by atoms with Gasteiger partial charge >= 0.3 is 35.6 Å². The number of aryl methyl sites for hydroxylation is 2. The maximum atomic E-state index is 13.4. The molecule has 766 valence electrons. The number of nitro groups is 2. The number of benzene rings is 8. The molecule has 1 saturated heterocycles. The summed E-state index contributed by atoms with van der Waals surface area (Å²) in [6.45, 7) is 32.9. The fraction of sp³-hybridized carbons (Fsp3) is 0.344. The van der Waals surface area contributed by atoms with Crippen molar-refractivity contribution >= 4 is 218 Å². The number of hydrogen-bond acceptors (Lipinski definition) is 22. The van der Waals surface area contributed by atoms with Crippen LogP contribution in [0.15, 0.2) is 215 Å². The molecule has 8 aromatic carbocycles. The van der Waals surface area contributed by atoms with E-state index < -0.39 is 93.2 Å². The summed E-state index contributed by atoms with van der Waals surface area (Å²) in [6.07, 6.45) is 2.01. The summed E-state index contributed by atoms with van der Waals surface area (Å²) >= 11 is 16.7. The van der Waals surface area contributed by atoms with Crippen LogP contribution in [0.2, 0.25) is 0 Å². The second-order valence-corrected chi connectivity index (χ2v) is 38.7. The number of halogens is 7. The number of nitro benzene ring substituents is 2. The number of amides is 4. The van der Waals surface area contributed by atoms with Crippen LogP contribution >= 0.6 is 109 Å². The van der Waals surface area contributed by atoms with E-state index in [2.05, 4.69) is 124 Å². The number of aromatic amines is 3. The number of H-pyrrole nitrogens is 3. The molecule has 46 heteroatoms. The first-order valence-corrected chi connectivity index (χ1v) is 49.5. The number of carboxylic acid groups (broad SMARTS) is 1. The number of para-hydroxylation sites is 6. The second-order valence-electron chi connectivity index (χ2n) is 34.3. The quantitative estimate of drug-likeness (QED) is 0.00538. The van der Waals surface area contributed by atoms with Crippen LogP contribution in [0.5, 0.6) is 0 Å². The first-order valence-electron chi connectivity index (χ1n) is 44.5. The second kappa shape index (κ2) is 57.4. The number of fused-ring (bicyclic) bond motifs is 3. The van der Waals surface area contributed by atoms with E-state index in [1.807, 2.05) is 239 Å². The van der Waals surface area contributed by atoms with E-state index in [0.717, 1.165) is 72.0 Å². The molecule has 142 heavy (non-hydrogen) atoms. The molecule has 37 nitrogen and oxygen atoms in total. The Hall–Kier alpha value is -11.1. The van der Waals surface area contributed by atoms with Gasteiger partial charge in [-0.3, -0.25) is 72.1 Å². The number of carbonyl (C=O) groups excluding carboxylic acids is 5. The Labute approximate surface area is 894 Å². The normalized spacial score (nSPS) is 12.6. The van der Waals surface area contributed by atoms with E-state index in [1.54, 1.807) is 88.6 Å². The number of Topliss-reactive ketones (excluding diaryl/α,β-unsaturated/α-hetero) is 1. The van der Waals surface area contributed by atoms with Crippen LogP contribution in [-0.4, -0.2) is 163 Å². The molecule has 0 aliphatic carbocycles. The van der Waals surface area contributed by atoms with Gasteiger partial charge in [-0.2, -0.15) is 14.6 Å².